The van der Waals surface area contributed by atoms with Crippen LogP contribution in [-0.2, 0) is 17.6 Å². The number of carbonyl (C=O) groups is 1. The fourth-order valence-corrected chi connectivity index (χ4v) is 3.53. The Labute approximate surface area is 168 Å². The molecule has 0 atom stereocenters. The Morgan fingerprint density at radius 2 is 1.68 bits per heavy atom. The summed E-state index contributed by atoms with van der Waals surface area (Å²) >= 11 is 0. The Balaban J connectivity index is 1.52. The molecule has 5 heteroatoms. The lowest BCUT2D eigenvalue weighted by Gasteiger charge is -2.35. The van der Waals surface area contributed by atoms with E-state index in [1.165, 1.54) is 11.1 Å². The summed E-state index contributed by atoms with van der Waals surface area (Å²) < 4.78 is 0. The zero-order valence-electron chi connectivity index (χ0n) is 17.6. The third-order valence-electron chi connectivity index (χ3n) is 5.39. The number of aromatic nitrogens is 2. The molecule has 1 aromatic heterocycles. The van der Waals surface area contributed by atoms with E-state index in [1.807, 2.05) is 17.9 Å². The fourth-order valence-electron chi connectivity index (χ4n) is 3.53. The summed E-state index contributed by atoms with van der Waals surface area (Å²) in [4.78, 5) is 26.1. The molecule has 0 bridgehead atoms. The third kappa shape index (κ3) is 5.09. The maximum atomic E-state index is 12.6. The van der Waals surface area contributed by atoms with Crippen LogP contribution in [0.4, 0.5) is 5.82 Å². The molecular formula is C23H32N4O. The molecule has 1 amide bonds. The maximum Gasteiger partial charge on any atom is 0.223 e. The van der Waals surface area contributed by atoms with Gasteiger partial charge in [0.25, 0.3) is 0 Å². The topological polar surface area (TPSA) is 49.3 Å². The summed E-state index contributed by atoms with van der Waals surface area (Å²) in [6, 6.07) is 10.7. The number of nitrogens with zero attached hydrogens (tertiary/aromatic N) is 4. The minimum Gasteiger partial charge on any atom is -0.353 e. The number of piperazine rings is 1. The van der Waals surface area contributed by atoms with Crippen LogP contribution >= 0.6 is 0 Å². The molecular weight excluding hydrogens is 348 g/mol. The van der Waals surface area contributed by atoms with E-state index in [0.717, 1.165) is 56.4 Å². The molecule has 28 heavy (non-hydrogen) atoms. The third-order valence-corrected chi connectivity index (χ3v) is 5.39. The summed E-state index contributed by atoms with van der Waals surface area (Å²) in [5, 5.41) is 0. The standard InChI is InChI=1S/C23H32N4O/c1-5-19-6-8-20(9-7-19)10-11-22(28)27-14-12-26(13-15-27)21-16-18(4)24-23(25-21)17(2)3/h6-9,16-17H,5,10-15H2,1-4H3. The Hall–Kier alpha value is -2.43. The lowest BCUT2D eigenvalue weighted by molar-refractivity contribution is -0.131. The molecule has 3 rings (SSSR count). The summed E-state index contributed by atoms with van der Waals surface area (Å²) in [6.07, 6.45) is 2.44. The molecule has 0 aliphatic carbocycles. The summed E-state index contributed by atoms with van der Waals surface area (Å²) in [5.74, 6) is 2.44. The Bertz CT molecular complexity index is 793. The molecule has 2 aromatic rings. The highest BCUT2D eigenvalue weighted by Crippen LogP contribution is 2.19. The van der Waals surface area contributed by atoms with Crippen molar-refractivity contribution in [3.8, 4) is 0 Å². The van der Waals surface area contributed by atoms with Gasteiger partial charge < -0.3 is 9.80 Å². The maximum absolute atomic E-state index is 12.6. The molecule has 1 aromatic carbocycles. The normalized spacial score (nSPS) is 14.6. The zero-order valence-corrected chi connectivity index (χ0v) is 17.6. The molecule has 0 saturated carbocycles. The van der Waals surface area contributed by atoms with E-state index < -0.39 is 0 Å². The summed E-state index contributed by atoms with van der Waals surface area (Å²) in [6.45, 7) is 11.6. The molecule has 2 heterocycles. The van der Waals surface area contributed by atoms with E-state index in [2.05, 4.69) is 54.9 Å². The van der Waals surface area contributed by atoms with E-state index >= 15 is 0 Å². The summed E-state index contributed by atoms with van der Waals surface area (Å²) in [7, 11) is 0. The Morgan fingerprint density at radius 3 is 2.29 bits per heavy atom. The lowest BCUT2D eigenvalue weighted by Crippen LogP contribution is -2.49. The number of benzene rings is 1. The van der Waals surface area contributed by atoms with E-state index in [4.69, 9.17) is 4.98 Å². The second-order valence-electron chi connectivity index (χ2n) is 7.92. The van der Waals surface area contributed by atoms with Gasteiger partial charge in [0.05, 0.1) is 0 Å². The number of hydrogen-bond acceptors (Lipinski definition) is 4. The Kier molecular flexibility index (Phi) is 6.65. The van der Waals surface area contributed by atoms with Gasteiger partial charge in [-0.25, -0.2) is 9.97 Å². The lowest BCUT2D eigenvalue weighted by atomic mass is 10.1. The molecule has 1 aliphatic heterocycles. The minimum absolute atomic E-state index is 0.251. The van der Waals surface area contributed by atoms with Crippen LogP contribution in [0.2, 0.25) is 0 Å². The van der Waals surface area contributed by atoms with Gasteiger partial charge in [0.2, 0.25) is 5.91 Å². The zero-order chi connectivity index (χ0) is 20.1. The van der Waals surface area contributed by atoms with Crippen molar-refractivity contribution in [2.45, 2.75) is 52.9 Å². The van der Waals surface area contributed by atoms with E-state index in [-0.39, 0.29) is 5.91 Å². The van der Waals surface area contributed by atoms with Crippen molar-refractivity contribution in [3.05, 3.63) is 53.0 Å². The predicted molar refractivity (Wildman–Crippen MR) is 114 cm³/mol. The molecule has 1 aliphatic rings. The van der Waals surface area contributed by atoms with Crippen LogP contribution in [0.3, 0.4) is 0 Å². The van der Waals surface area contributed by atoms with Gasteiger partial charge in [0, 0.05) is 50.3 Å². The van der Waals surface area contributed by atoms with Crippen LogP contribution in [0.1, 0.15) is 55.8 Å². The first-order valence-electron chi connectivity index (χ1n) is 10.4. The van der Waals surface area contributed by atoms with E-state index in [0.29, 0.717) is 12.3 Å². The van der Waals surface area contributed by atoms with Gasteiger partial charge in [0.15, 0.2) is 0 Å². The van der Waals surface area contributed by atoms with Crippen molar-refractivity contribution in [2.75, 3.05) is 31.1 Å². The average molecular weight is 381 g/mol. The second-order valence-corrected chi connectivity index (χ2v) is 7.92. The molecule has 0 N–H and O–H groups in total. The van der Waals surface area contributed by atoms with Crippen molar-refractivity contribution in [2.24, 2.45) is 0 Å². The highest BCUT2D eigenvalue weighted by atomic mass is 16.2. The van der Waals surface area contributed by atoms with E-state index in [9.17, 15) is 4.79 Å². The van der Waals surface area contributed by atoms with Crippen molar-refractivity contribution in [1.82, 2.24) is 14.9 Å². The van der Waals surface area contributed by atoms with Gasteiger partial charge in [-0.1, -0.05) is 45.0 Å². The van der Waals surface area contributed by atoms with Crippen molar-refractivity contribution in [3.63, 3.8) is 0 Å². The first-order valence-corrected chi connectivity index (χ1v) is 10.4. The van der Waals surface area contributed by atoms with Crippen LogP contribution in [0.25, 0.3) is 0 Å². The quantitative estimate of drug-likeness (QED) is 0.766. The van der Waals surface area contributed by atoms with Crippen molar-refractivity contribution >= 4 is 11.7 Å². The van der Waals surface area contributed by atoms with Crippen LogP contribution in [0, 0.1) is 6.92 Å². The average Bonchev–Trinajstić information content (AvgIpc) is 2.72. The second kappa shape index (κ2) is 9.18. The van der Waals surface area contributed by atoms with Gasteiger partial charge in [-0.15, -0.1) is 0 Å². The number of hydrogen-bond donors (Lipinski definition) is 0. The first-order chi connectivity index (χ1) is 13.5. The molecule has 0 spiro atoms. The molecule has 5 nitrogen and oxygen atoms in total. The predicted octanol–water partition coefficient (Wildman–Crippen LogP) is 3.75. The van der Waals surface area contributed by atoms with Crippen LogP contribution in [0.15, 0.2) is 30.3 Å². The molecule has 0 radical (unpaired) electrons. The highest BCUT2D eigenvalue weighted by Gasteiger charge is 2.22. The number of carbonyl (C=O) groups excluding carboxylic acids is 1. The monoisotopic (exact) mass is 380 g/mol. The van der Waals surface area contributed by atoms with Gasteiger partial charge in [0.1, 0.15) is 11.6 Å². The van der Waals surface area contributed by atoms with Gasteiger partial charge in [-0.3, -0.25) is 4.79 Å². The fraction of sp³-hybridized carbons (Fsp3) is 0.522. The number of aryl methyl sites for hydroxylation is 3. The Morgan fingerprint density at radius 1 is 1.04 bits per heavy atom. The first kappa shape index (κ1) is 20.3. The highest BCUT2D eigenvalue weighted by molar-refractivity contribution is 5.76. The molecule has 150 valence electrons. The largest absolute Gasteiger partial charge is 0.353 e. The SMILES string of the molecule is CCc1ccc(CCC(=O)N2CCN(c3cc(C)nc(C(C)C)n3)CC2)cc1. The number of anilines is 1. The number of amides is 1. The van der Waals surface area contributed by atoms with Gasteiger partial charge in [-0.2, -0.15) is 0 Å². The van der Waals surface area contributed by atoms with E-state index in [1.54, 1.807) is 0 Å². The van der Waals surface area contributed by atoms with Crippen LogP contribution in [-0.4, -0.2) is 47.0 Å². The number of rotatable bonds is 6. The molecule has 1 fully saturated rings. The van der Waals surface area contributed by atoms with Gasteiger partial charge >= 0.3 is 0 Å². The molecule has 0 unspecified atom stereocenters. The van der Waals surface area contributed by atoms with Crippen LogP contribution in [0.5, 0.6) is 0 Å². The summed E-state index contributed by atoms with van der Waals surface area (Å²) in [5.41, 5.74) is 3.58. The van der Waals surface area contributed by atoms with Crippen LogP contribution < -0.4 is 4.90 Å². The minimum atomic E-state index is 0.251. The van der Waals surface area contributed by atoms with Crippen molar-refractivity contribution < 1.29 is 4.79 Å². The molecule has 1 saturated heterocycles. The van der Waals surface area contributed by atoms with Gasteiger partial charge in [-0.05, 0) is 30.9 Å². The smallest absolute Gasteiger partial charge is 0.223 e. The van der Waals surface area contributed by atoms with Crippen molar-refractivity contribution in [1.29, 1.82) is 0 Å².